The number of nitrogens with one attached hydrogen (secondary N) is 1. The molecule has 4 nitrogen and oxygen atoms in total. The predicted octanol–water partition coefficient (Wildman–Crippen LogP) is 2.24. The first-order valence-corrected chi connectivity index (χ1v) is 7.29. The number of morpholine rings is 1. The van der Waals surface area contributed by atoms with Gasteiger partial charge in [0.15, 0.2) is 0 Å². The highest BCUT2D eigenvalue weighted by atomic mass is 35.5. The normalized spacial score (nSPS) is 20.4. The van der Waals surface area contributed by atoms with Crippen LogP contribution in [0, 0.1) is 0 Å². The van der Waals surface area contributed by atoms with Crippen molar-refractivity contribution in [3.63, 3.8) is 0 Å². The molecule has 0 saturated carbocycles. The number of carbonyl (C=O) groups excluding carboxylic acids is 1. The van der Waals surface area contributed by atoms with E-state index < -0.39 is 0 Å². The van der Waals surface area contributed by atoms with E-state index in [0.29, 0.717) is 18.1 Å². The van der Waals surface area contributed by atoms with Gasteiger partial charge in [-0.15, -0.1) is 0 Å². The second-order valence-corrected chi connectivity index (χ2v) is 5.57. The smallest absolute Gasteiger partial charge is 0.225 e. The fraction of sp³-hybridized carbons (Fsp3) is 0.533. The predicted molar refractivity (Wildman–Crippen MR) is 79.9 cm³/mol. The fourth-order valence-corrected chi connectivity index (χ4v) is 2.40. The lowest BCUT2D eigenvalue weighted by molar-refractivity contribution is -0.135. The number of benzene rings is 1. The summed E-state index contributed by atoms with van der Waals surface area (Å²) in [4.78, 5) is 14.1. The lowest BCUT2D eigenvalue weighted by Crippen LogP contribution is -2.42. The molecule has 0 bridgehead atoms. The molecule has 0 spiro atoms. The van der Waals surface area contributed by atoms with Gasteiger partial charge in [0.1, 0.15) is 0 Å². The minimum Gasteiger partial charge on any atom is -0.375 e. The molecule has 0 radical (unpaired) electrons. The standard InChI is InChI=1S/C15H21ClN2O2/c1-11(12-3-5-13(16)6-4-12)18(2)15(19)9-14-10-17-7-8-20-14/h3-6,11,14,17H,7-10H2,1-2H3. The molecule has 1 aliphatic rings. The third-order valence-corrected chi connectivity index (χ3v) is 3.99. The molecule has 1 saturated heterocycles. The molecule has 0 aliphatic carbocycles. The number of amides is 1. The van der Waals surface area contributed by atoms with Gasteiger partial charge in [0.25, 0.3) is 0 Å². The Labute approximate surface area is 125 Å². The van der Waals surface area contributed by atoms with Crippen LogP contribution in [0.1, 0.15) is 24.9 Å². The molecule has 1 N–H and O–H groups in total. The summed E-state index contributed by atoms with van der Waals surface area (Å²) < 4.78 is 5.57. The second kappa shape index (κ2) is 7.07. The minimum atomic E-state index is -0.0175. The maximum Gasteiger partial charge on any atom is 0.225 e. The van der Waals surface area contributed by atoms with E-state index in [0.717, 1.165) is 18.7 Å². The number of hydrogen-bond acceptors (Lipinski definition) is 3. The molecular formula is C15H21ClN2O2. The summed E-state index contributed by atoms with van der Waals surface area (Å²) in [5.74, 6) is 0.0983. The van der Waals surface area contributed by atoms with Gasteiger partial charge in [-0.3, -0.25) is 4.79 Å². The lowest BCUT2D eigenvalue weighted by Gasteiger charge is -2.29. The van der Waals surface area contributed by atoms with E-state index in [-0.39, 0.29) is 18.1 Å². The van der Waals surface area contributed by atoms with Gasteiger partial charge >= 0.3 is 0 Å². The summed E-state index contributed by atoms with van der Waals surface area (Å²) in [5, 5.41) is 3.94. The van der Waals surface area contributed by atoms with E-state index in [2.05, 4.69) is 5.32 Å². The molecule has 2 rings (SSSR count). The summed E-state index contributed by atoms with van der Waals surface area (Å²) in [7, 11) is 1.83. The summed E-state index contributed by atoms with van der Waals surface area (Å²) >= 11 is 5.88. The zero-order valence-electron chi connectivity index (χ0n) is 11.9. The minimum absolute atomic E-state index is 0.0175. The van der Waals surface area contributed by atoms with E-state index in [9.17, 15) is 4.79 Å². The van der Waals surface area contributed by atoms with Crippen LogP contribution in [0.3, 0.4) is 0 Å². The molecule has 110 valence electrons. The summed E-state index contributed by atoms with van der Waals surface area (Å²) in [6.07, 6.45) is 0.401. The van der Waals surface area contributed by atoms with Crippen LogP contribution in [-0.2, 0) is 9.53 Å². The van der Waals surface area contributed by atoms with Crippen LogP contribution in [0.4, 0.5) is 0 Å². The first kappa shape index (κ1) is 15.3. The van der Waals surface area contributed by atoms with Gasteiger partial charge in [-0.1, -0.05) is 23.7 Å². The molecule has 2 atom stereocenters. The van der Waals surface area contributed by atoms with E-state index in [1.807, 2.05) is 38.2 Å². The van der Waals surface area contributed by atoms with Crippen LogP contribution < -0.4 is 5.32 Å². The molecule has 1 fully saturated rings. The fourth-order valence-electron chi connectivity index (χ4n) is 2.27. The zero-order valence-corrected chi connectivity index (χ0v) is 12.7. The molecule has 1 amide bonds. The maximum atomic E-state index is 12.3. The Balaban J connectivity index is 1.93. The van der Waals surface area contributed by atoms with Gasteiger partial charge in [0, 0.05) is 25.2 Å². The molecule has 0 aromatic heterocycles. The molecule has 20 heavy (non-hydrogen) atoms. The monoisotopic (exact) mass is 296 g/mol. The molecule has 5 heteroatoms. The highest BCUT2D eigenvalue weighted by molar-refractivity contribution is 6.30. The second-order valence-electron chi connectivity index (χ2n) is 5.13. The van der Waals surface area contributed by atoms with Crippen molar-refractivity contribution in [2.24, 2.45) is 0 Å². The number of carbonyl (C=O) groups is 1. The van der Waals surface area contributed by atoms with E-state index in [1.165, 1.54) is 0 Å². The van der Waals surface area contributed by atoms with Crippen molar-refractivity contribution < 1.29 is 9.53 Å². The number of halogens is 1. The Morgan fingerprint density at radius 2 is 2.20 bits per heavy atom. The Bertz CT molecular complexity index is 444. The van der Waals surface area contributed by atoms with Crippen LogP contribution in [0.25, 0.3) is 0 Å². The Morgan fingerprint density at radius 3 is 2.80 bits per heavy atom. The van der Waals surface area contributed by atoms with E-state index in [1.54, 1.807) is 4.90 Å². The van der Waals surface area contributed by atoms with Gasteiger partial charge in [-0.2, -0.15) is 0 Å². The first-order valence-electron chi connectivity index (χ1n) is 6.91. The first-order chi connectivity index (χ1) is 9.58. The van der Waals surface area contributed by atoms with Crippen molar-refractivity contribution in [2.45, 2.75) is 25.5 Å². The Kier molecular flexibility index (Phi) is 5.40. The molecule has 1 aliphatic heterocycles. The number of ether oxygens (including phenoxy) is 1. The largest absolute Gasteiger partial charge is 0.375 e. The van der Waals surface area contributed by atoms with Gasteiger partial charge < -0.3 is 15.0 Å². The Hall–Kier alpha value is -1.10. The molecule has 1 heterocycles. The summed E-state index contributed by atoms with van der Waals surface area (Å²) in [5.41, 5.74) is 1.08. The average Bonchev–Trinajstić information content (AvgIpc) is 2.47. The van der Waals surface area contributed by atoms with Gasteiger partial charge in [-0.05, 0) is 24.6 Å². The van der Waals surface area contributed by atoms with Gasteiger partial charge in [0.05, 0.1) is 25.2 Å². The SMILES string of the molecule is CC(c1ccc(Cl)cc1)N(C)C(=O)CC1CNCCO1. The molecule has 1 aromatic carbocycles. The number of nitrogens with zero attached hydrogens (tertiary/aromatic N) is 1. The number of rotatable bonds is 4. The zero-order chi connectivity index (χ0) is 14.5. The van der Waals surface area contributed by atoms with Crippen molar-refractivity contribution in [3.8, 4) is 0 Å². The van der Waals surface area contributed by atoms with Crippen molar-refractivity contribution in [3.05, 3.63) is 34.9 Å². The molecule has 2 unspecified atom stereocenters. The number of hydrogen-bond donors (Lipinski definition) is 1. The van der Waals surface area contributed by atoms with Crippen LogP contribution >= 0.6 is 11.6 Å². The van der Waals surface area contributed by atoms with Crippen molar-refractivity contribution in [2.75, 3.05) is 26.7 Å². The van der Waals surface area contributed by atoms with Crippen molar-refractivity contribution >= 4 is 17.5 Å². The highest BCUT2D eigenvalue weighted by Gasteiger charge is 2.22. The van der Waals surface area contributed by atoms with Crippen LogP contribution in [0.5, 0.6) is 0 Å². The Morgan fingerprint density at radius 1 is 1.50 bits per heavy atom. The quantitative estimate of drug-likeness (QED) is 0.926. The van der Waals surface area contributed by atoms with E-state index in [4.69, 9.17) is 16.3 Å². The third kappa shape index (κ3) is 3.95. The van der Waals surface area contributed by atoms with Gasteiger partial charge in [0.2, 0.25) is 5.91 Å². The van der Waals surface area contributed by atoms with Crippen molar-refractivity contribution in [1.82, 2.24) is 10.2 Å². The third-order valence-electron chi connectivity index (χ3n) is 3.73. The van der Waals surface area contributed by atoms with Crippen LogP contribution in [0.15, 0.2) is 24.3 Å². The molecule has 1 aromatic rings. The maximum absolute atomic E-state index is 12.3. The molecular weight excluding hydrogens is 276 g/mol. The lowest BCUT2D eigenvalue weighted by atomic mass is 10.1. The topological polar surface area (TPSA) is 41.6 Å². The van der Waals surface area contributed by atoms with E-state index >= 15 is 0 Å². The highest BCUT2D eigenvalue weighted by Crippen LogP contribution is 2.21. The van der Waals surface area contributed by atoms with Crippen LogP contribution in [0.2, 0.25) is 5.02 Å². The average molecular weight is 297 g/mol. The summed E-state index contributed by atoms with van der Waals surface area (Å²) in [6, 6.07) is 7.63. The van der Waals surface area contributed by atoms with Crippen LogP contribution in [-0.4, -0.2) is 43.7 Å². The van der Waals surface area contributed by atoms with Crippen molar-refractivity contribution in [1.29, 1.82) is 0 Å². The summed E-state index contributed by atoms with van der Waals surface area (Å²) in [6.45, 7) is 4.30. The van der Waals surface area contributed by atoms with Gasteiger partial charge in [-0.25, -0.2) is 0 Å².